The molecule has 2 N–H and O–H groups in total. The number of halogens is 2. The number of para-hydroxylation sites is 1. The summed E-state index contributed by atoms with van der Waals surface area (Å²) in [7, 11) is 2.62. The highest BCUT2D eigenvalue weighted by Crippen LogP contribution is 2.23. The van der Waals surface area contributed by atoms with Crippen molar-refractivity contribution in [1.82, 2.24) is 0 Å². The zero-order valence-electron chi connectivity index (χ0n) is 9.60. The van der Waals surface area contributed by atoms with Crippen LogP contribution in [0.5, 0.6) is 5.75 Å². The highest BCUT2D eigenvalue weighted by Gasteiger charge is 2.18. The van der Waals surface area contributed by atoms with Gasteiger partial charge in [-0.2, -0.15) is 0 Å². The van der Waals surface area contributed by atoms with Crippen LogP contribution in [0.2, 0.25) is 0 Å². The van der Waals surface area contributed by atoms with Crippen LogP contribution in [-0.2, 0) is 16.0 Å². The molecule has 1 atom stereocenters. The smallest absolute Gasteiger partial charge is 0.322 e. The van der Waals surface area contributed by atoms with Crippen molar-refractivity contribution in [3.8, 4) is 5.75 Å². The Labute approximate surface area is 105 Å². The van der Waals surface area contributed by atoms with Gasteiger partial charge in [-0.15, -0.1) is 12.4 Å². The minimum absolute atomic E-state index is 0. The zero-order valence-corrected chi connectivity index (χ0v) is 10.4. The maximum atomic E-state index is 13.3. The van der Waals surface area contributed by atoms with E-state index in [2.05, 4.69) is 4.74 Å². The number of esters is 1. The molecule has 0 aliphatic carbocycles. The first kappa shape index (κ1) is 15.7. The Kier molecular flexibility index (Phi) is 6.53. The van der Waals surface area contributed by atoms with Crippen molar-refractivity contribution in [3.05, 3.63) is 29.6 Å². The van der Waals surface area contributed by atoms with Crippen molar-refractivity contribution >= 4 is 18.4 Å². The van der Waals surface area contributed by atoms with Gasteiger partial charge in [0.1, 0.15) is 6.04 Å². The number of benzene rings is 1. The molecule has 1 aromatic carbocycles. The van der Waals surface area contributed by atoms with Crippen LogP contribution in [-0.4, -0.2) is 26.2 Å². The van der Waals surface area contributed by atoms with Gasteiger partial charge in [0.25, 0.3) is 0 Å². The van der Waals surface area contributed by atoms with Crippen molar-refractivity contribution in [2.45, 2.75) is 12.5 Å². The van der Waals surface area contributed by atoms with E-state index in [4.69, 9.17) is 10.5 Å². The van der Waals surface area contributed by atoms with E-state index in [-0.39, 0.29) is 24.6 Å². The van der Waals surface area contributed by atoms with E-state index in [1.807, 2.05) is 0 Å². The topological polar surface area (TPSA) is 61.5 Å². The summed E-state index contributed by atoms with van der Waals surface area (Å²) in [6.45, 7) is 0. The molecule has 0 fully saturated rings. The third-order valence-electron chi connectivity index (χ3n) is 2.20. The lowest BCUT2D eigenvalue weighted by Gasteiger charge is -2.12. The maximum Gasteiger partial charge on any atom is 0.322 e. The third-order valence-corrected chi connectivity index (χ3v) is 2.20. The molecule has 0 radical (unpaired) electrons. The Morgan fingerprint density at radius 1 is 1.47 bits per heavy atom. The molecule has 4 nitrogen and oxygen atoms in total. The predicted octanol–water partition coefficient (Wildman–Crippen LogP) is 1.30. The second-order valence-electron chi connectivity index (χ2n) is 3.27. The Morgan fingerprint density at radius 2 is 2.12 bits per heavy atom. The molecule has 0 aromatic heterocycles. The Morgan fingerprint density at radius 3 is 2.65 bits per heavy atom. The maximum absolute atomic E-state index is 13.3. The second-order valence-corrected chi connectivity index (χ2v) is 3.27. The standard InChI is InChI=1S/C11H14FNO3.ClH/c1-15-10-7(4-3-5-8(10)12)6-9(13)11(14)16-2;/h3-5,9H,6,13H2,1-2H3;1H. The highest BCUT2D eigenvalue weighted by molar-refractivity contribution is 5.85. The molecule has 1 aromatic rings. The summed E-state index contributed by atoms with van der Waals surface area (Å²) in [5.41, 5.74) is 6.12. The van der Waals surface area contributed by atoms with Gasteiger partial charge >= 0.3 is 5.97 Å². The SMILES string of the molecule is COC(=O)C(N)Cc1cccc(F)c1OC.Cl. The largest absolute Gasteiger partial charge is 0.493 e. The number of hydrogen-bond acceptors (Lipinski definition) is 4. The lowest BCUT2D eigenvalue weighted by molar-refractivity contribution is -0.142. The summed E-state index contributed by atoms with van der Waals surface area (Å²) in [5, 5.41) is 0. The predicted molar refractivity (Wildman–Crippen MR) is 63.9 cm³/mol. The number of methoxy groups -OCH3 is 2. The van der Waals surface area contributed by atoms with Crippen LogP contribution < -0.4 is 10.5 Å². The molecule has 17 heavy (non-hydrogen) atoms. The molecule has 0 aliphatic heterocycles. The fourth-order valence-corrected chi connectivity index (χ4v) is 1.41. The number of hydrogen-bond donors (Lipinski definition) is 1. The second kappa shape index (κ2) is 7.09. The molecule has 1 unspecified atom stereocenters. The van der Waals surface area contributed by atoms with E-state index in [1.54, 1.807) is 6.07 Å². The van der Waals surface area contributed by atoms with E-state index in [0.717, 1.165) is 0 Å². The molecule has 1 rings (SSSR count). The Bertz CT molecular complexity index is 387. The number of nitrogens with two attached hydrogens (primary N) is 1. The van der Waals surface area contributed by atoms with Crippen molar-refractivity contribution in [2.75, 3.05) is 14.2 Å². The van der Waals surface area contributed by atoms with Crippen LogP contribution in [0, 0.1) is 5.82 Å². The molecular weight excluding hydrogens is 249 g/mol. The summed E-state index contributed by atoms with van der Waals surface area (Å²) < 4.78 is 22.7. The van der Waals surface area contributed by atoms with Crippen LogP contribution >= 0.6 is 12.4 Å². The Hall–Kier alpha value is -1.33. The first-order chi connectivity index (χ1) is 7.60. The fourth-order valence-electron chi connectivity index (χ4n) is 1.41. The molecule has 0 amide bonds. The van der Waals surface area contributed by atoms with E-state index in [0.29, 0.717) is 5.56 Å². The summed E-state index contributed by atoms with van der Waals surface area (Å²) >= 11 is 0. The van der Waals surface area contributed by atoms with Gasteiger partial charge in [0.2, 0.25) is 0 Å². The van der Waals surface area contributed by atoms with Gasteiger partial charge in [0.15, 0.2) is 11.6 Å². The van der Waals surface area contributed by atoms with Gasteiger partial charge in [-0.25, -0.2) is 4.39 Å². The van der Waals surface area contributed by atoms with E-state index < -0.39 is 17.8 Å². The van der Waals surface area contributed by atoms with Crippen LogP contribution in [0.3, 0.4) is 0 Å². The number of rotatable bonds is 4. The van der Waals surface area contributed by atoms with Crippen molar-refractivity contribution in [1.29, 1.82) is 0 Å². The molecule has 0 saturated carbocycles. The summed E-state index contributed by atoms with van der Waals surface area (Å²) in [4.78, 5) is 11.1. The summed E-state index contributed by atoms with van der Waals surface area (Å²) in [6.07, 6.45) is 0.174. The average Bonchev–Trinajstić information content (AvgIpc) is 2.28. The van der Waals surface area contributed by atoms with Gasteiger partial charge in [-0.05, 0) is 11.6 Å². The zero-order chi connectivity index (χ0) is 12.1. The lowest BCUT2D eigenvalue weighted by Crippen LogP contribution is -2.33. The normalized spacial score (nSPS) is 11.3. The fraction of sp³-hybridized carbons (Fsp3) is 0.364. The minimum atomic E-state index is -0.819. The lowest BCUT2D eigenvalue weighted by atomic mass is 10.1. The Balaban J connectivity index is 0.00000256. The van der Waals surface area contributed by atoms with Crippen molar-refractivity contribution in [2.24, 2.45) is 5.73 Å². The highest BCUT2D eigenvalue weighted by atomic mass is 35.5. The van der Waals surface area contributed by atoms with Crippen LogP contribution in [0.4, 0.5) is 4.39 Å². The van der Waals surface area contributed by atoms with E-state index in [9.17, 15) is 9.18 Å². The van der Waals surface area contributed by atoms with Crippen LogP contribution in [0.15, 0.2) is 18.2 Å². The summed E-state index contributed by atoms with van der Waals surface area (Å²) in [6, 6.07) is 3.66. The van der Waals surface area contributed by atoms with E-state index in [1.165, 1.54) is 26.4 Å². The molecule has 0 spiro atoms. The number of carbonyl (C=O) groups is 1. The van der Waals surface area contributed by atoms with Gasteiger partial charge in [0.05, 0.1) is 14.2 Å². The van der Waals surface area contributed by atoms with E-state index >= 15 is 0 Å². The van der Waals surface area contributed by atoms with Crippen molar-refractivity contribution < 1.29 is 18.7 Å². The molecule has 0 heterocycles. The van der Waals surface area contributed by atoms with Gasteiger partial charge in [0, 0.05) is 6.42 Å². The molecule has 6 heteroatoms. The first-order valence-corrected chi connectivity index (χ1v) is 4.75. The molecule has 0 saturated heterocycles. The van der Waals surface area contributed by atoms with Crippen molar-refractivity contribution in [3.63, 3.8) is 0 Å². The molecule has 0 aliphatic rings. The number of ether oxygens (including phenoxy) is 2. The van der Waals surface area contributed by atoms with Crippen LogP contribution in [0.25, 0.3) is 0 Å². The van der Waals surface area contributed by atoms with Gasteiger partial charge in [-0.1, -0.05) is 12.1 Å². The minimum Gasteiger partial charge on any atom is -0.493 e. The third kappa shape index (κ3) is 3.87. The summed E-state index contributed by atoms with van der Waals surface area (Å²) in [5.74, 6) is -0.898. The first-order valence-electron chi connectivity index (χ1n) is 4.75. The molecule has 0 bridgehead atoms. The quantitative estimate of drug-likeness (QED) is 0.832. The van der Waals surface area contributed by atoms with Crippen LogP contribution in [0.1, 0.15) is 5.56 Å². The monoisotopic (exact) mass is 263 g/mol. The molecule has 96 valence electrons. The average molecular weight is 264 g/mol. The van der Waals surface area contributed by atoms with Gasteiger partial charge in [-0.3, -0.25) is 4.79 Å². The number of carbonyl (C=O) groups excluding carboxylic acids is 1. The van der Waals surface area contributed by atoms with Gasteiger partial charge < -0.3 is 15.2 Å². The molecular formula is C11H15ClFNO3.